The number of anilines is 1. The number of esters is 1. The van der Waals surface area contributed by atoms with Crippen molar-refractivity contribution >= 4 is 40.3 Å². The van der Waals surface area contributed by atoms with Gasteiger partial charge in [-0.3, -0.25) is 19.3 Å². The lowest BCUT2D eigenvalue weighted by Gasteiger charge is -2.20. The Bertz CT molecular complexity index is 2020. The second kappa shape index (κ2) is 12.1. The Kier molecular flexibility index (Phi) is 7.87. The Morgan fingerprint density at radius 2 is 1.68 bits per heavy atom. The number of carbonyl (C=O) groups is 2. The monoisotopic (exact) mass is 602 g/mol. The smallest absolute Gasteiger partial charge is 0.341 e. The van der Waals surface area contributed by atoms with Crippen LogP contribution in [0.5, 0.6) is 0 Å². The van der Waals surface area contributed by atoms with E-state index in [-0.39, 0.29) is 17.7 Å². The summed E-state index contributed by atoms with van der Waals surface area (Å²) in [6.07, 6.45) is 5.04. The number of carbonyl (C=O) groups excluding carboxylic acids is 2. The van der Waals surface area contributed by atoms with E-state index >= 15 is 0 Å². The average Bonchev–Trinajstić information content (AvgIpc) is 3.37. The standard InChI is InChI=1S/C34H27ClN6O3/c1-4-44-34(43)31-30(24-9-5-6-10-25(24)35)29(33(42)40-28-11-7-8-17-37-28)20(2)38-32(31)22-12-14-23(15-13-22)41-21(3)39-26-19-36-18-16-27(26)41/h5-19H,4H2,1-3H3,(H,37,40,42). The fraction of sp³-hybridized carbons (Fsp3) is 0.118. The third kappa shape index (κ3) is 5.29. The number of nitrogens with one attached hydrogen (secondary N) is 1. The molecule has 4 aromatic heterocycles. The predicted octanol–water partition coefficient (Wildman–Crippen LogP) is 7.24. The fourth-order valence-corrected chi connectivity index (χ4v) is 5.52. The molecule has 0 atom stereocenters. The summed E-state index contributed by atoms with van der Waals surface area (Å²) in [5.74, 6) is 0.0708. The molecule has 0 fully saturated rings. The van der Waals surface area contributed by atoms with Gasteiger partial charge in [0.1, 0.15) is 17.2 Å². The van der Waals surface area contributed by atoms with Crippen LogP contribution in [0.15, 0.2) is 91.4 Å². The summed E-state index contributed by atoms with van der Waals surface area (Å²) in [5.41, 5.74) is 5.20. The summed E-state index contributed by atoms with van der Waals surface area (Å²) < 4.78 is 7.58. The lowest BCUT2D eigenvalue weighted by molar-refractivity contribution is 0.0527. The van der Waals surface area contributed by atoms with E-state index in [1.807, 2.05) is 41.8 Å². The molecule has 6 aromatic rings. The molecule has 1 amide bonds. The molecule has 218 valence electrons. The van der Waals surface area contributed by atoms with Gasteiger partial charge in [0.15, 0.2) is 0 Å². The van der Waals surface area contributed by atoms with E-state index in [1.54, 1.807) is 74.9 Å². The molecule has 0 bridgehead atoms. The maximum atomic E-state index is 13.8. The highest BCUT2D eigenvalue weighted by atomic mass is 35.5. The summed E-state index contributed by atoms with van der Waals surface area (Å²) in [4.78, 5) is 45.5. The van der Waals surface area contributed by atoms with E-state index in [0.29, 0.717) is 38.9 Å². The Balaban J connectivity index is 1.56. The van der Waals surface area contributed by atoms with Crippen LogP contribution in [0.1, 0.15) is 39.2 Å². The number of aromatic nitrogens is 5. The highest BCUT2D eigenvalue weighted by molar-refractivity contribution is 6.34. The van der Waals surface area contributed by atoms with Crippen molar-refractivity contribution < 1.29 is 14.3 Å². The number of hydrogen-bond donors (Lipinski definition) is 1. The van der Waals surface area contributed by atoms with Crippen LogP contribution >= 0.6 is 11.6 Å². The van der Waals surface area contributed by atoms with Gasteiger partial charge in [-0.25, -0.2) is 14.8 Å². The number of rotatable bonds is 7. The summed E-state index contributed by atoms with van der Waals surface area (Å²) in [5, 5.41) is 3.20. The van der Waals surface area contributed by atoms with E-state index in [1.165, 1.54) is 0 Å². The first-order valence-electron chi connectivity index (χ1n) is 14.0. The maximum absolute atomic E-state index is 13.8. The van der Waals surface area contributed by atoms with Gasteiger partial charge in [0.25, 0.3) is 5.91 Å². The highest BCUT2D eigenvalue weighted by Gasteiger charge is 2.30. The fourth-order valence-electron chi connectivity index (χ4n) is 5.29. The molecule has 0 saturated heterocycles. The molecular weight excluding hydrogens is 576 g/mol. The maximum Gasteiger partial charge on any atom is 0.341 e. The highest BCUT2D eigenvalue weighted by Crippen LogP contribution is 2.40. The zero-order valence-corrected chi connectivity index (χ0v) is 25.0. The number of aryl methyl sites for hydroxylation is 2. The molecule has 0 unspecified atom stereocenters. The topological polar surface area (TPSA) is 112 Å². The van der Waals surface area contributed by atoms with E-state index < -0.39 is 11.9 Å². The van der Waals surface area contributed by atoms with Crippen molar-refractivity contribution in [3.63, 3.8) is 0 Å². The number of amides is 1. The Morgan fingerprint density at radius 3 is 2.41 bits per heavy atom. The van der Waals surface area contributed by atoms with Crippen LogP contribution in [0.4, 0.5) is 5.82 Å². The van der Waals surface area contributed by atoms with Gasteiger partial charge in [-0.15, -0.1) is 0 Å². The number of benzene rings is 2. The molecule has 2 aromatic carbocycles. The normalized spacial score (nSPS) is 11.0. The predicted molar refractivity (Wildman–Crippen MR) is 170 cm³/mol. The zero-order valence-electron chi connectivity index (χ0n) is 24.2. The van der Waals surface area contributed by atoms with Gasteiger partial charge < -0.3 is 10.1 Å². The number of halogens is 1. The lowest BCUT2D eigenvalue weighted by Crippen LogP contribution is -2.20. The van der Waals surface area contributed by atoms with Gasteiger partial charge in [-0.2, -0.15) is 0 Å². The van der Waals surface area contributed by atoms with E-state index in [0.717, 1.165) is 22.5 Å². The summed E-state index contributed by atoms with van der Waals surface area (Å²) in [7, 11) is 0. The molecule has 0 radical (unpaired) electrons. The van der Waals surface area contributed by atoms with E-state index in [4.69, 9.17) is 21.3 Å². The molecule has 1 N–H and O–H groups in total. The minimum atomic E-state index is -0.621. The van der Waals surface area contributed by atoms with Gasteiger partial charge in [-0.05, 0) is 57.2 Å². The quantitative estimate of drug-likeness (QED) is 0.192. The minimum Gasteiger partial charge on any atom is -0.462 e. The largest absolute Gasteiger partial charge is 0.462 e. The van der Waals surface area contributed by atoms with Crippen molar-refractivity contribution in [2.24, 2.45) is 0 Å². The summed E-state index contributed by atoms with van der Waals surface area (Å²) >= 11 is 6.71. The van der Waals surface area contributed by atoms with Gasteiger partial charge in [-0.1, -0.05) is 48.0 Å². The number of hydrogen-bond acceptors (Lipinski definition) is 7. The molecule has 0 aliphatic carbocycles. The molecule has 0 aliphatic rings. The molecule has 0 saturated carbocycles. The van der Waals surface area contributed by atoms with Crippen LogP contribution in [0.25, 0.3) is 39.1 Å². The Labute approximate surface area is 258 Å². The molecule has 44 heavy (non-hydrogen) atoms. The molecule has 4 heterocycles. The van der Waals surface area contributed by atoms with Gasteiger partial charge in [0.05, 0.1) is 40.8 Å². The molecule has 6 rings (SSSR count). The summed E-state index contributed by atoms with van der Waals surface area (Å²) in [6, 6.07) is 21.8. The number of imidazole rings is 1. The van der Waals surface area contributed by atoms with Gasteiger partial charge >= 0.3 is 5.97 Å². The van der Waals surface area contributed by atoms with Crippen LogP contribution < -0.4 is 5.32 Å². The van der Waals surface area contributed by atoms with Crippen LogP contribution in [0.3, 0.4) is 0 Å². The Hall–Kier alpha value is -5.41. The minimum absolute atomic E-state index is 0.129. The second-order valence-electron chi connectivity index (χ2n) is 9.95. The molecule has 0 aliphatic heterocycles. The first-order chi connectivity index (χ1) is 21.4. The third-order valence-electron chi connectivity index (χ3n) is 7.16. The van der Waals surface area contributed by atoms with Crippen molar-refractivity contribution in [2.45, 2.75) is 20.8 Å². The number of nitrogens with zero attached hydrogens (tertiary/aromatic N) is 5. The zero-order chi connectivity index (χ0) is 30.8. The van der Waals surface area contributed by atoms with Gasteiger partial charge in [0, 0.05) is 39.8 Å². The second-order valence-corrected chi connectivity index (χ2v) is 10.4. The first-order valence-corrected chi connectivity index (χ1v) is 14.3. The lowest BCUT2D eigenvalue weighted by atomic mass is 9.89. The van der Waals surface area contributed by atoms with Crippen molar-refractivity contribution in [3.8, 4) is 28.1 Å². The SMILES string of the molecule is CCOC(=O)c1c(-c2ccc(-n3c(C)nc4cnccc43)cc2)nc(C)c(C(=O)Nc2ccccn2)c1-c1ccccc1Cl. The van der Waals surface area contributed by atoms with Crippen LogP contribution in [-0.2, 0) is 4.74 Å². The van der Waals surface area contributed by atoms with Crippen molar-refractivity contribution in [1.82, 2.24) is 24.5 Å². The van der Waals surface area contributed by atoms with Crippen LogP contribution in [0, 0.1) is 13.8 Å². The average molecular weight is 603 g/mol. The molecular formula is C34H27ClN6O3. The Morgan fingerprint density at radius 1 is 0.909 bits per heavy atom. The number of ether oxygens (including phenoxy) is 1. The third-order valence-corrected chi connectivity index (χ3v) is 7.49. The van der Waals surface area contributed by atoms with Crippen molar-refractivity contribution in [2.75, 3.05) is 11.9 Å². The summed E-state index contributed by atoms with van der Waals surface area (Å²) in [6.45, 7) is 5.52. The van der Waals surface area contributed by atoms with Crippen LogP contribution in [-0.4, -0.2) is 43.0 Å². The molecule has 9 nitrogen and oxygen atoms in total. The number of pyridine rings is 3. The van der Waals surface area contributed by atoms with Gasteiger partial charge in [0.2, 0.25) is 0 Å². The molecule has 10 heteroatoms. The van der Waals surface area contributed by atoms with E-state index in [9.17, 15) is 9.59 Å². The van der Waals surface area contributed by atoms with Crippen molar-refractivity contribution in [3.05, 3.63) is 119 Å². The van der Waals surface area contributed by atoms with Crippen LogP contribution in [0.2, 0.25) is 5.02 Å². The number of fused-ring (bicyclic) bond motifs is 1. The van der Waals surface area contributed by atoms with Crippen molar-refractivity contribution in [1.29, 1.82) is 0 Å². The van der Waals surface area contributed by atoms with E-state index in [2.05, 4.69) is 20.3 Å². The molecule has 0 spiro atoms. The first kappa shape index (κ1) is 28.7.